The summed E-state index contributed by atoms with van der Waals surface area (Å²) in [7, 11) is 0. The van der Waals surface area contributed by atoms with Crippen LogP contribution in [0.3, 0.4) is 0 Å². The van der Waals surface area contributed by atoms with E-state index in [4.69, 9.17) is 16.3 Å². The predicted octanol–water partition coefficient (Wildman–Crippen LogP) is 3.42. The Morgan fingerprint density at radius 1 is 1.21 bits per heavy atom. The predicted molar refractivity (Wildman–Crippen MR) is 92.4 cm³/mol. The fourth-order valence-corrected chi connectivity index (χ4v) is 2.22. The third-order valence-corrected chi connectivity index (χ3v) is 3.42. The molecule has 0 fully saturated rings. The van der Waals surface area contributed by atoms with Gasteiger partial charge in [0, 0.05) is 17.3 Å². The van der Waals surface area contributed by atoms with Crippen molar-refractivity contribution in [2.75, 3.05) is 18.1 Å². The Hall–Kier alpha value is -2.79. The van der Waals surface area contributed by atoms with Gasteiger partial charge >= 0.3 is 5.97 Å². The quantitative estimate of drug-likeness (QED) is 0.643. The molecule has 0 aliphatic heterocycles. The van der Waals surface area contributed by atoms with Crippen LogP contribution in [0, 0.1) is 0 Å². The Morgan fingerprint density at radius 2 is 1.92 bits per heavy atom. The smallest absolute Gasteiger partial charge is 0.342 e. The van der Waals surface area contributed by atoms with Crippen LogP contribution in [-0.2, 0) is 9.53 Å². The minimum absolute atomic E-state index is 0.0923. The SMILES string of the molecule is C=CCN(C(=O)COC(=O)c1cc(Cl)ccc1O)c1ccccc1. The fraction of sp³-hybridized carbons (Fsp3) is 0.111. The van der Waals surface area contributed by atoms with Crippen LogP contribution in [0.4, 0.5) is 5.69 Å². The molecule has 5 nitrogen and oxygen atoms in total. The zero-order valence-electron chi connectivity index (χ0n) is 12.8. The van der Waals surface area contributed by atoms with Gasteiger partial charge in [0.25, 0.3) is 5.91 Å². The average Bonchev–Trinajstić information content (AvgIpc) is 2.60. The summed E-state index contributed by atoms with van der Waals surface area (Å²) in [5.74, 6) is -1.49. The maximum Gasteiger partial charge on any atom is 0.342 e. The van der Waals surface area contributed by atoms with E-state index in [-0.39, 0.29) is 22.9 Å². The van der Waals surface area contributed by atoms with E-state index in [1.807, 2.05) is 6.07 Å². The molecule has 1 amide bonds. The second kappa shape index (κ2) is 8.17. The van der Waals surface area contributed by atoms with E-state index in [9.17, 15) is 14.7 Å². The van der Waals surface area contributed by atoms with E-state index in [0.29, 0.717) is 5.69 Å². The second-order valence-corrected chi connectivity index (χ2v) is 5.30. The maximum atomic E-state index is 12.3. The van der Waals surface area contributed by atoms with Gasteiger partial charge in [-0.05, 0) is 30.3 Å². The number of rotatable bonds is 6. The lowest BCUT2D eigenvalue weighted by molar-refractivity contribution is -0.121. The van der Waals surface area contributed by atoms with Crippen LogP contribution in [0.2, 0.25) is 5.02 Å². The molecule has 0 bridgehead atoms. The summed E-state index contributed by atoms with van der Waals surface area (Å²) >= 11 is 5.79. The Kier molecular flexibility index (Phi) is 5.98. The molecule has 0 unspecified atom stereocenters. The van der Waals surface area contributed by atoms with E-state index in [0.717, 1.165) is 0 Å². The van der Waals surface area contributed by atoms with Crippen LogP contribution in [0.25, 0.3) is 0 Å². The van der Waals surface area contributed by atoms with Crippen LogP contribution in [-0.4, -0.2) is 30.1 Å². The van der Waals surface area contributed by atoms with Crippen molar-refractivity contribution < 1.29 is 19.4 Å². The van der Waals surface area contributed by atoms with Gasteiger partial charge in [-0.2, -0.15) is 0 Å². The number of ether oxygens (including phenoxy) is 1. The summed E-state index contributed by atoms with van der Waals surface area (Å²) in [5.41, 5.74) is 0.578. The molecule has 0 heterocycles. The molecule has 0 aromatic heterocycles. The van der Waals surface area contributed by atoms with Crippen molar-refractivity contribution in [2.45, 2.75) is 0 Å². The molecule has 1 N–H and O–H groups in total. The number of halogens is 1. The summed E-state index contributed by atoms with van der Waals surface area (Å²) in [6.45, 7) is 3.44. The number of carbonyl (C=O) groups is 2. The first kappa shape index (κ1) is 17.6. The highest BCUT2D eigenvalue weighted by molar-refractivity contribution is 6.31. The normalized spacial score (nSPS) is 10.0. The minimum Gasteiger partial charge on any atom is -0.507 e. The van der Waals surface area contributed by atoms with Gasteiger partial charge in [0.2, 0.25) is 0 Å². The summed E-state index contributed by atoms with van der Waals surface area (Å²) in [5, 5.41) is 9.96. The first-order valence-corrected chi connectivity index (χ1v) is 7.52. The summed E-state index contributed by atoms with van der Waals surface area (Å²) in [6, 6.07) is 13.0. The standard InChI is InChI=1S/C18H16ClNO4/c1-2-10-20(14-6-4-3-5-7-14)17(22)12-24-18(23)15-11-13(19)8-9-16(15)21/h2-9,11,21H,1,10,12H2. The first-order chi connectivity index (χ1) is 11.5. The molecule has 0 spiro atoms. The van der Waals surface area contributed by atoms with Gasteiger partial charge in [-0.1, -0.05) is 35.9 Å². The van der Waals surface area contributed by atoms with E-state index in [1.165, 1.54) is 23.1 Å². The number of para-hydroxylation sites is 1. The number of aromatic hydroxyl groups is 1. The molecule has 0 radical (unpaired) electrons. The summed E-state index contributed by atoms with van der Waals surface area (Å²) in [4.78, 5) is 25.8. The number of anilines is 1. The molecule has 0 aliphatic rings. The van der Waals surface area contributed by atoms with Gasteiger partial charge in [0.05, 0.1) is 0 Å². The highest BCUT2D eigenvalue weighted by Gasteiger charge is 2.19. The van der Waals surface area contributed by atoms with Crippen molar-refractivity contribution in [3.8, 4) is 5.75 Å². The third kappa shape index (κ3) is 4.36. The van der Waals surface area contributed by atoms with Crippen molar-refractivity contribution in [1.29, 1.82) is 0 Å². The first-order valence-electron chi connectivity index (χ1n) is 7.15. The number of hydrogen-bond donors (Lipinski definition) is 1. The zero-order valence-corrected chi connectivity index (χ0v) is 13.6. The molecular weight excluding hydrogens is 330 g/mol. The van der Waals surface area contributed by atoms with Crippen molar-refractivity contribution in [2.24, 2.45) is 0 Å². The molecule has 24 heavy (non-hydrogen) atoms. The van der Waals surface area contributed by atoms with Crippen LogP contribution in [0.5, 0.6) is 5.75 Å². The molecule has 2 rings (SSSR count). The lowest BCUT2D eigenvalue weighted by Gasteiger charge is -2.21. The molecule has 0 aliphatic carbocycles. The number of hydrogen-bond acceptors (Lipinski definition) is 4. The van der Waals surface area contributed by atoms with Crippen LogP contribution in [0.15, 0.2) is 61.2 Å². The Bertz CT molecular complexity index is 746. The summed E-state index contributed by atoms with van der Waals surface area (Å²) in [6.07, 6.45) is 1.58. The van der Waals surface area contributed by atoms with Gasteiger partial charge in [-0.3, -0.25) is 4.79 Å². The highest BCUT2D eigenvalue weighted by Crippen LogP contribution is 2.22. The van der Waals surface area contributed by atoms with Gasteiger partial charge in [0.1, 0.15) is 11.3 Å². The lowest BCUT2D eigenvalue weighted by atomic mass is 10.2. The molecule has 0 saturated heterocycles. The van der Waals surface area contributed by atoms with E-state index in [1.54, 1.807) is 30.3 Å². The number of benzene rings is 2. The van der Waals surface area contributed by atoms with Crippen molar-refractivity contribution in [3.05, 3.63) is 71.8 Å². The number of esters is 1. The van der Waals surface area contributed by atoms with Crippen LogP contribution in [0.1, 0.15) is 10.4 Å². The number of carbonyl (C=O) groups excluding carboxylic acids is 2. The number of phenols is 1. The topological polar surface area (TPSA) is 66.8 Å². The van der Waals surface area contributed by atoms with Gasteiger partial charge in [-0.15, -0.1) is 6.58 Å². The second-order valence-electron chi connectivity index (χ2n) is 4.87. The Labute approximate surface area is 144 Å². The summed E-state index contributed by atoms with van der Waals surface area (Å²) < 4.78 is 4.99. The molecule has 6 heteroatoms. The number of amides is 1. The monoisotopic (exact) mass is 345 g/mol. The minimum atomic E-state index is -0.824. The van der Waals surface area contributed by atoms with Gasteiger partial charge < -0.3 is 14.7 Å². The van der Waals surface area contributed by atoms with Crippen LogP contribution < -0.4 is 4.90 Å². The third-order valence-electron chi connectivity index (χ3n) is 3.19. The van der Waals surface area contributed by atoms with E-state index >= 15 is 0 Å². The number of nitrogens with zero attached hydrogens (tertiary/aromatic N) is 1. The Morgan fingerprint density at radius 3 is 2.58 bits per heavy atom. The zero-order chi connectivity index (χ0) is 17.5. The van der Waals surface area contributed by atoms with Crippen molar-refractivity contribution >= 4 is 29.2 Å². The van der Waals surface area contributed by atoms with Gasteiger partial charge in [0.15, 0.2) is 6.61 Å². The number of phenolic OH excluding ortho intramolecular Hbond substituents is 1. The highest BCUT2D eigenvalue weighted by atomic mass is 35.5. The molecule has 0 atom stereocenters. The average molecular weight is 346 g/mol. The fourth-order valence-electron chi connectivity index (χ4n) is 2.04. The van der Waals surface area contributed by atoms with E-state index < -0.39 is 18.5 Å². The van der Waals surface area contributed by atoms with Crippen molar-refractivity contribution in [3.63, 3.8) is 0 Å². The molecule has 0 saturated carbocycles. The van der Waals surface area contributed by atoms with E-state index in [2.05, 4.69) is 6.58 Å². The van der Waals surface area contributed by atoms with Crippen molar-refractivity contribution in [1.82, 2.24) is 0 Å². The molecule has 2 aromatic rings. The largest absolute Gasteiger partial charge is 0.507 e. The lowest BCUT2D eigenvalue weighted by Crippen LogP contribution is -2.34. The van der Waals surface area contributed by atoms with Crippen LogP contribution >= 0.6 is 11.6 Å². The molecular formula is C18H16ClNO4. The Balaban J connectivity index is 2.06. The molecule has 2 aromatic carbocycles. The molecule has 124 valence electrons. The maximum absolute atomic E-state index is 12.3. The van der Waals surface area contributed by atoms with Gasteiger partial charge in [-0.25, -0.2) is 4.79 Å².